The Hall–Kier alpha value is -3.18. The number of rotatable bonds is 3. The number of hydrogen-bond donors (Lipinski definition) is 0. The minimum absolute atomic E-state index is 0.0415. The van der Waals surface area contributed by atoms with E-state index in [0.29, 0.717) is 5.76 Å². The molecular weight excluding hydrogens is 288 g/mol. The van der Waals surface area contributed by atoms with Crippen LogP contribution < -0.4 is 9.80 Å². The standard InChI is InChI=1S/C18H16N4O/c19-13-15(14-20)12-17-6-7-18(23-17)22-10-8-21(9-11-22)16-4-2-1-3-5-16/h1-7,12H,8-11H2. The Labute approximate surface area is 135 Å². The lowest BCUT2D eigenvalue weighted by atomic mass is 10.2. The highest BCUT2D eigenvalue weighted by molar-refractivity contribution is 5.60. The molecule has 0 saturated carbocycles. The summed E-state index contributed by atoms with van der Waals surface area (Å²) in [5.41, 5.74) is 1.28. The predicted octanol–water partition coefficient (Wildman–Crippen LogP) is 3.04. The van der Waals surface area contributed by atoms with Crippen molar-refractivity contribution in [2.24, 2.45) is 0 Å². The van der Waals surface area contributed by atoms with Crippen LogP contribution in [0.2, 0.25) is 0 Å². The normalized spacial score (nSPS) is 14.0. The molecule has 0 spiro atoms. The number of para-hydroxylation sites is 1. The van der Waals surface area contributed by atoms with Gasteiger partial charge in [-0.2, -0.15) is 10.5 Å². The first-order valence-electron chi connectivity index (χ1n) is 7.47. The minimum atomic E-state index is 0.0415. The minimum Gasteiger partial charge on any atom is -0.441 e. The highest BCUT2D eigenvalue weighted by Crippen LogP contribution is 2.23. The molecule has 1 fully saturated rings. The molecular formula is C18H16N4O. The fourth-order valence-corrected chi connectivity index (χ4v) is 2.65. The molecule has 2 heterocycles. The molecule has 5 heteroatoms. The number of nitriles is 2. The Morgan fingerprint density at radius 3 is 2.22 bits per heavy atom. The summed E-state index contributed by atoms with van der Waals surface area (Å²) in [7, 11) is 0. The maximum absolute atomic E-state index is 8.78. The summed E-state index contributed by atoms with van der Waals surface area (Å²) in [6.07, 6.45) is 1.46. The third-order valence-electron chi connectivity index (χ3n) is 3.85. The van der Waals surface area contributed by atoms with Gasteiger partial charge < -0.3 is 14.2 Å². The SMILES string of the molecule is N#CC(C#N)=Cc1ccc(N2CCN(c3ccccc3)CC2)o1. The molecule has 0 radical (unpaired) electrons. The van der Waals surface area contributed by atoms with Crippen LogP contribution in [0.25, 0.3) is 6.08 Å². The van der Waals surface area contributed by atoms with Gasteiger partial charge in [-0.25, -0.2) is 0 Å². The molecule has 0 atom stereocenters. The molecule has 1 saturated heterocycles. The van der Waals surface area contributed by atoms with Crippen molar-refractivity contribution in [3.63, 3.8) is 0 Å². The Bertz CT molecular complexity index is 755. The van der Waals surface area contributed by atoms with Gasteiger partial charge in [0.1, 0.15) is 23.5 Å². The number of allylic oxidation sites excluding steroid dienone is 1. The molecule has 0 unspecified atom stereocenters. The van der Waals surface area contributed by atoms with Crippen LogP contribution >= 0.6 is 0 Å². The number of hydrogen-bond acceptors (Lipinski definition) is 5. The maximum atomic E-state index is 8.78. The van der Waals surface area contributed by atoms with Crippen molar-refractivity contribution in [2.45, 2.75) is 0 Å². The fraction of sp³-hybridized carbons (Fsp3) is 0.222. The molecule has 2 aromatic rings. The van der Waals surface area contributed by atoms with E-state index in [1.807, 2.05) is 24.3 Å². The Kier molecular flexibility index (Phi) is 4.31. The van der Waals surface area contributed by atoms with Crippen LogP contribution in [0, 0.1) is 22.7 Å². The summed E-state index contributed by atoms with van der Waals surface area (Å²) in [5.74, 6) is 1.31. The highest BCUT2D eigenvalue weighted by Gasteiger charge is 2.19. The van der Waals surface area contributed by atoms with Gasteiger partial charge in [0.05, 0.1) is 0 Å². The van der Waals surface area contributed by atoms with E-state index in [4.69, 9.17) is 14.9 Å². The van der Waals surface area contributed by atoms with Crippen LogP contribution in [-0.2, 0) is 0 Å². The van der Waals surface area contributed by atoms with Crippen molar-refractivity contribution in [3.8, 4) is 12.1 Å². The van der Waals surface area contributed by atoms with Crippen LogP contribution in [0.3, 0.4) is 0 Å². The topological polar surface area (TPSA) is 67.2 Å². The molecule has 23 heavy (non-hydrogen) atoms. The molecule has 1 aromatic carbocycles. The smallest absolute Gasteiger partial charge is 0.196 e. The summed E-state index contributed by atoms with van der Waals surface area (Å²) < 4.78 is 5.73. The first-order valence-corrected chi connectivity index (χ1v) is 7.47. The zero-order chi connectivity index (χ0) is 16.1. The van der Waals surface area contributed by atoms with E-state index >= 15 is 0 Å². The first kappa shape index (κ1) is 14.7. The monoisotopic (exact) mass is 304 g/mol. The van der Waals surface area contributed by atoms with Gasteiger partial charge >= 0.3 is 0 Å². The van der Waals surface area contributed by atoms with E-state index in [1.54, 1.807) is 6.07 Å². The Morgan fingerprint density at radius 2 is 1.57 bits per heavy atom. The Balaban J connectivity index is 1.65. The van der Waals surface area contributed by atoms with E-state index in [0.717, 1.165) is 32.1 Å². The first-order chi connectivity index (χ1) is 11.3. The van der Waals surface area contributed by atoms with Gasteiger partial charge in [0, 0.05) is 44.0 Å². The van der Waals surface area contributed by atoms with Crippen LogP contribution in [0.1, 0.15) is 5.76 Å². The van der Waals surface area contributed by atoms with Crippen molar-refractivity contribution >= 4 is 17.6 Å². The summed E-state index contributed by atoms with van der Waals surface area (Å²) in [6.45, 7) is 3.60. The van der Waals surface area contributed by atoms with Crippen molar-refractivity contribution in [2.75, 3.05) is 36.0 Å². The molecule has 0 N–H and O–H groups in total. The number of piperazine rings is 1. The van der Waals surface area contributed by atoms with Crippen LogP contribution in [0.5, 0.6) is 0 Å². The highest BCUT2D eigenvalue weighted by atomic mass is 16.4. The van der Waals surface area contributed by atoms with E-state index in [9.17, 15) is 0 Å². The molecule has 5 nitrogen and oxygen atoms in total. The quantitative estimate of drug-likeness (QED) is 0.815. The predicted molar refractivity (Wildman–Crippen MR) is 88.8 cm³/mol. The fourth-order valence-electron chi connectivity index (χ4n) is 2.65. The average molecular weight is 304 g/mol. The zero-order valence-electron chi connectivity index (χ0n) is 12.6. The maximum Gasteiger partial charge on any atom is 0.196 e. The van der Waals surface area contributed by atoms with Gasteiger partial charge in [-0.15, -0.1) is 0 Å². The third-order valence-corrected chi connectivity index (χ3v) is 3.85. The van der Waals surface area contributed by atoms with Gasteiger partial charge in [-0.05, 0) is 18.2 Å². The molecule has 0 bridgehead atoms. The van der Waals surface area contributed by atoms with Crippen LogP contribution in [0.4, 0.5) is 11.6 Å². The average Bonchev–Trinajstić information content (AvgIpc) is 3.09. The lowest BCUT2D eigenvalue weighted by Gasteiger charge is -2.35. The van der Waals surface area contributed by atoms with E-state index < -0.39 is 0 Å². The van der Waals surface area contributed by atoms with Crippen molar-refractivity contribution in [3.05, 3.63) is 53.8 Å². The summed E-state index contributed by atoms with van der Waals surface area (Å²) in [5, 5.41) is 17.6. The summed E-state index contributed by atoms with van der Waals surface area (Å²) >= 11 is 0. The molecule has 114 valence electrons. The van der Waals surface area contributed by atoms with Gasteiger partial charge in [0.2, 0.25) is 0 Å². The van der Waals surface area contributed by atoms with E-state index in [-0.39, 0.29) is 5.57 Å². The van der Waals surface area contributed by atoms with Crippen molar-refractivity contribution in [1.82, 2.24) is 0 Å². The number of anilines is 2. The molecule has 0 aliphatic carbocycles. The van der Waals surface area contributed by atoms with Gasteiger partial charge in [0.15, 0.2) is 5.88 Å². The van der Waals surface area contributed by atoms with Gasteiger partial charge in [-0.3, -0.25) is 0 Å². The second kappa shape index (κ2) is 6.72. The second-order valence-electron chi connectivity index (χ2n) is 5.27. The van der Waals surface area contributed by atoms with Crippen molar-refractivity contribution in [1.29, 1.82) is 10.5 Å². The van der Waals surface area contributed by atoms with Crippen LogP contribution in [-0.4, -0.2) is 26.2 Å². The zero-order valence-corrected chi connectivity index (χ0v) is 12.6. The number of furan rings is 1. The number of nitrogens with zero attached hydrogens (tertiary/aromatic N) is 4. The molecule has 1 aromatic heterocycles. The summed E-state index contributed by atoms with van der Waals surface area (Å²) in [4.78, 5) is 4.53. The lowest BCUT2D eigenvalue weighted by molar-refractivity contribution is 0.519. The molecule has 3 rings (SSSR count). The number of benzene rings is 1. The lowest BCUT2D eigenvalue weighted by Crippen LogP contribution is -2.46. The van der Waals surface area contributed by atoms with Crippen LogP contribution in [0.15, 0.2) is 52.5 Å². The van der Waals surface area contributed by atoms with Gasteiger partial charge in [-0.1, -0.05) is 18.2 Å². The van der Waals surface area contributed by atoms with E-state index in [2.05, 4.69) is 34.1 Å². The second-order valence-corrected chi connectivity index (χ2v) is 5.27. The van der Waals surface area contributed by atoms with Crippen molar-refractivity contribution < 1.29 is 4.42 Å². The molecule has 0 amide bonds. The van der Waals surface area contributed by atoms with E-state index in [1.165, 1.54) is 11.8 Å². The Morgan fingerprint density at radius 1 is 0.913 bits per heavy atom. The largest absolute Gasteiger partial charge is 0.441 e. The molecule has 1 aliphatic rings. The third kappa shape index (κ3) is 3.36. The molecule has 1 aliphatic heterocycles. The van der Waals surface area contributed by atoms with Gasteiger partial charge in [0.25, 0.3) is 0 Å². The summed E-state index contributed by atoms with van der Waals surface area (Å²) in [6, 6.07) is 17.7.